The van der Waals surface area contributed by atoms with E-state index in [0.29, 0.717) is 0 Å². The molecule has 0 heterocycles. The molecule has 0 aliphatic rings. The van der Waals surface area contributed by atoms with Crippen LogP contribution in [0.15, 0.2) is 12.2 Å². The molecule has 0 saturated heterocycles. The second kappa shape index (κ2) is 12.3. The number of allylic oxidation sites excluding steroid dienone is 2. The minimum Gasteiger partial charge on any atom is -0.247 e. The Morgan fingerprint density at radius 1 is 0.875 bits per heavy atom. The van der Waals surface area contributed by atoms with Gasteiger partial charge in [0, 0.05) is 0 Å². The van der Waals surface area contributed by atoms with Crippen LogP contribution in [0.1, 0.15) is 71.1 Å². The van der Waals surface area contributed by atoms with Gasteiger partial charge in [-0.2, -0.15) is 0 Å². The van der Waals surface area contributed by atoms with Crippen molar-refractivity contribution in [2.45, 2.75) is 71.1 Å². The van der Waals surface area contributed by atoms with E-state index in [4.69, 9.17) is 0 Å². The zero-order valence-corrected chi connectivity index (χ0v) is 10.5. The fourth-order valence-electron chi connectivity index (χ4n) is 1.62. The van der Waals surface area contributed by atoms with Gasteiger partial charge < -0.3 is 0 Å². The van der Waals surface area contributed by atoms with E-state index in [1.807, 2.05) is 0 Å². The molecule has 0 unspecified atom stereocenters. The zero-order valence-electron chi connectivity index (χ0n) is 10.5. The molecule has 93 valence electrons. The van der Waals surface area contributed by atoms with E-state index in [2.05, 4.69) is 19.1 Å². The number of carbonyl (C=O) groups is 1. The van der Waals surface area contributed by atoms with Crippen LogP contribution in [0, 0.1) is 0 Å². The summed E-state index contributed by atoms with van der Waals surface area (Å²) < 4.78 is 0. The Bertz CT molecular complexity index is 185. The summed E-state index contributed by atoms with van der Waals surface area (Å²) in [7, 11) is 0. The third kappa shape index (κ3) is 13.2. The fourth-order valence-corrected chi connectivity index (χ4v) is 1.62. The Morgan fingerprint density at radius 2 is 1.44 bits per heavy atom. The van der Waals surface area contributed by atoms with Crippen molar-refractivity contribution in [2.75, 3.05) is 0 Å². The molecule has 0 N–H and O–H groups in total. The molecular weight excluding hydrogens is 200 g/mol. The second-order valence-corrected chi connectivity index (χ2v) is 4.29. The average Bonchev–Trinajstić information content (AvgIpc) is 2.25. The van der Waals surface area contributed by atoms with Gasteiger partial charge in [0.25, 0.3) is 0 Å². The van der Waals surface area contributed by atoms with E-state index in [1.165, 1.54) is 38.5 Å². The summed E-state index contributed by atoms with van der Waals surface area (Å²) in [6, 6.07) is 0. The third-order valence-corrected chi connectivity index (χ3v) is 2.64. The van der Waals surface area contributed by atoms with Crippen molar-refractivity contribution < 1.29 is 9.90 Å². The smallest absolute Gasteiger partial charge is 0.247 e. The molecule has 0 bridgehead atoms. The highest BCUT2D eigenvalue weighted by atomic mass is 16.4. The van der Waals surface area contributed by atoms with Crippen molar-refractivity contribution in [3.63, 3.8) is 0 Å². The summed E-state index contributed by atoms with van der Waals surface area (Å²) >= 11 is 0. The summed E-state index contributed by atoms with van der Waals surface area (Å²) in [5.41, 5.74) is 0. The lowest BCUT2D eigenvalue weighted by atomic mass is 10.1. The maximum Gasteiger partial charge on any atom is 0.355 e. The molecule has 0 aliphatic heterocycles. The van der Waals surface area contributed by atoms with Crippen LogP contribution in [0.5, 0.6) is 0 Å². The lowest BCUT2D eigenvalue weighted by Crippen LogP contribution is -1.91. The van der Waals surface area contributed by atoms with Gasteiger partial charge in [-0.15, -0.1) is 0 Å². The summed E-state index contributed by atoms with van der Waals surface area (Å²) in [6.07, 6.45) is 15.1. The Hall–Kier alpha value is -0.790. The molecule has 1 radical (unpaired) electrons. The van der Waals surface area contributed by atoms with Crippen LogP contribution in [-0.4, -0.2) is 5.97 Å². The first-order valence-electron chi connectivity index (χ1n) is 6.62. The van der Waals surface area contributed by atoms with Gasteiger partial charge in [-0.25, -0.2) is 9.90 Å². The normalized spacial score (nSPS) is 11.1. The minimum absolute atomic E-state index is 0.219. The molecule has 0 spiro atoms. The summed E-state index contributed by atoms with van der Waals surface area (Å²) in [4.78, 5) is 10.1. The highest BCUT2D eigenvalue weighted by molar-refractivity contribution is 5.66. The maximum absolute atomic E-state index is 10.1. The average molecular weight is 225 g/mol. The Morgan fingerprint density at radius 3 is 2.06 bits per heavy atom. The van der Waals surface area contributed by atoms with Crippen molar-refractivity contribution >= 4 is 5.97 Å². The molecule has 0 amide bonds. The van der Waals surface area contributed by atoms with Gasteiger partial charge in [0.1, 0.15) is 0 Å². The summed E-state index contributed by atoms with van der Waals surface area (Å²) in [5, 5.41) is 10.1. The Kier molecular flexibility index (Phi) is 11.7. The monoisotopic (exact) mass is 225 g/mol. The van der Waals surface area contributed by atoms with Gasteiger partial charge in [0.15, 0.2) is 0 Å². The van der Waals surface area contributed by atoms with Gasteiger partial charge in [0.05, 0.1) is 6.42 Å². The minimum atomic E-state index is -0.918. The maximum atomic E-state index is 10.1. The van der Waals surface area contributed by atoms with Crippen molar-refractivity contribution in [2.24, 2.45) is 0 Å². The Labute approximate surface area is 99.7 Å². The molecule has 0 aromatic carbocycles. The zero-order chi connectivity index (χ0) is 12.1. The van der Waals surface area contributed by atoms with E-state index in [9.17, 15) is 9.90 Å². The lowest BCUT2D eigenvalue weighted by Gasteiger charge is -1.97. The van der Waals surface area contributed by atoms with Crippen LogP contribution in [0.3, 0.4) is 0 Å². The van der Waals surface area contributed by atoms with Crippen molar-refractivity contribution in [3.05, 3.63) is 12.2 Å². The van der Waals surface area contributed by atoms with E-state index in [0.717, 1.165) is 19.3 Å². The summed E-state index contributed by atoms with van der Waals surface area (Å²) in [6.45, 7) is 2.21. The molecule has 16 heavy (non-hydrogen) atoms. The number of hydrogen-bond acceptors (Lipinski definition) is 1. The second-order valence-electron chi connectivity index (χ2n) is 4.29. The molecule has 0 fully saturated rings. The van der Waals surface area contributed by atoms with E-state index < -0.39 is 5.97 Å². The van der Waals surface area contributed by atoms with Crippen LogP contribution < -0.4 is 0 Å². The first kappa shape index (κ1) is 15.2. The number of rotatable bonds is 11. The fraction of sp³-hybridized carbons (Fsp3) is 0.786. The van der Waals surface area contributed by atoms with Gasteiger partial charge in [0.2, 0.25) is 0 Å². The topological polar surface area (TPSA) is 37.0 Å². The lowest BCUT2D eigenvalue weighted by molar-refractivity contribution is -0.143. The summed E-state index contributed by atoms with van der Waals surface area (Å²) in [5.74, 6) is -0.918. The molecular formula is C14H25O2. The number of hydrogen-bond donors (Lipinski definition) is 0. The van der Waals surface area contributed by atoms with Crippen LogP contribution in [0.2, 0.25) is 0 Å². The highest BCUT2D eigenvalue weighted by Gasteiger charge is 1.97. The molecule has 2 heteroatoms. The van der Waals surface area contributed by atoms with E-state index >= 15 is 0 Å². The predicted molar refractivity (Wildman–Crippen MR) is 66.7 cm³/mol. The molecule has 0 rings (SSSR count). The van der Waals surface area contributed by atoms with Crippen molar-refractivity contribution in [3.8, 4) is 0 Å². The van der Waals surface area contributed by atoms with Crippen LogP contribution in [0.25, 0.3) is 0 Å². The van der Waals surface area contributed by atoms with Crippen LogP contribution in [-0.2, 0) is 9.90 Å². The third-order valence-electron chi connectivity index (χ3n) is 2.64. The van der Waals surface area contributed by atoms with E-state index in [1.54, 1.807) is 0 Å². The molecule has 0 aromatic heterocycles. The molecule has 0 saturated carbocycles. The predicted octanol–water partition coefficient (Wildman–Crippen LogP) is 4.42. The molecule has 0 aliphatic carbocycles. The Balaban J connectivity index is 3.03. The van der Waals surface area contributed by atoms with Gasteiger partial charge in [-0.3, -0.25) is 0 Å². The molecule has 2 nitrogen and oxygen atoms in total. The van der Waals surface area contributed by atoms with Crippen molar-refractivity contribution in [1.82, 2.24) is 0 Å². The quantitative estimate of drug-likeness (QED) is 0.379. The van der Waals surface area contributed by atoms with Crippen molar-refractivity contribution in [1.29, 1.82) is 0 Å². The number of unbranched alkanes of at least 4 members (excludes halogenated alkanes) is 7. The first-order chi connectivity index (χ1) is 7.77. The van der Waals surface area contributed by atoms with Crippen LogP contribution >= 0.6 is 0 Å². The number of carbonyl (C=O) groups excluding carboxylic acids is 1. The van der Waals surface area contributed by atoms with E-state index in [-0.39, 0.29) is 6.42 Å². The largest absolute Gasteiger partial charge is 0.355 e. The SMILES string of the molecule is CCCC/C=C\CCCCCCCC([O])=O. The standard InChI is InChI=1S/C14H25O2/c1-2-3-4-5-6-7-8-9-10-11-12-13-14(15)16/h5-6H,2-4,7-13H2,1H3/b6-5-. The first-order valence-corrected chi connectivity index (χ1v) is 6.62. The van der Waals surface area contributed by atoms with Crippen LogP contribution in [0.4, 0.5) is 0 Å². The van der Waals surface area contributed by atoms with Gasteiger partial charge in [-0.1, -0.05) is 51.2 Å². The highest BCUT2D eigenvalue weighted by Crippen LogP contribution is 2.08. The van der Waals surface area contributed by atoms with Gasteiger partial charge in [-0.05, 0) is 25.7 Å². The molecule has 0 atom stereocenters. The van der Waals surface area contributed by atoms with Gasteiger partial charge >= 0.3 is 5.97 Å². The molecule has 0 aromatic rings.